The first-order valence-corrected chi connectivity index (χ1v) is 3.95. The molecule has 0 saturated heterocycles. The molecular weight excluding hydrogens is 116 g/mol. The van der Waals surface area contributed by atoms with E-state index in [0.29, 0.717) is 0 Å². The van der Waals surface area contributed by atoms with Crippen molar-refractivity contribution in [2.24, 2.45) is 0 Å². The Hall–Kier alpha value is -0.243. The maximum atomic E-state index is 5.22. The largest absolute Gasteiger partial charge is 0.499 e. The van der Waals surface area contributed by atoms with Gasteiger partial charge < -0.3 is 4.74 Å². The third kappa shape index (κ3) is 2.85. The third-order valence-corrected chi connectivity index (χ3v) is 1.77. The Labute approximate surface area is 54.2 Å². The Morgan fingerprint density at radius 2 is 2.00 bits per heavy atom. The van der Waals surface area contributed by atoms with Crippen molar-refractivity contribution in [3.63, 3.8) is 0 Å². The molecule has 0 bridgehead atoms. The standard InChI is InChI=1S/C6H14OSi/c1-4-7-5(2)6(3)8/h4H2,1-3,8H3. The van der Waals surface area contributed by atoms with Gasteiger partial charge in [0, 0.05) is 10.2 Å². The molecule has 0 aromatic heterocycles. The van der Waals surface area contributed by atoms with Gasteiger partial charge in [-0.1, -0.05) is 5.20 Å². The van der Waals surface area contributed by atoms with Crippen LogP contribution in [0.25, 0.3) is 0 Å². The topological polar surface area (TPSA) is 9.23 Å². The molecule has 48 valence electrons. The van der Waals surface area contributed by atoms with Crippen molar-refractivity contribution in [3.8, 4) is 0 Å². The number of hydrogen-bond donors (Lipinski definition) is 0. The minimum absolute atomic E-state index is 0.797. The first-order chi connectivity index (χ1) is 3.68. The van der Waals surface area contributed by atoms with Crippen LogP contribution in [0.2, 0.25) is 0 Å². The van der Waals surface area contributed by atoms with Crippen molar-refractivity contribution in [3.05, 3.63) is 11.0 Å². The maximum Gasteiger partial charge on any atom is 0.0869 e. The van der Waals surface area contributed by atoms with Crippen LogP contribution in [0, 0.1) is 0 Å². The molecule has 8 heavy (non-hydrogen) atoms. The SMILES string of the molecule is CCOC(C)=C(C)[SiH3]. The third-order valence-electron chi connectivity index (χ3n) is 1.06. The molecule has 0 amide bonds. The highest BCUT2D eigenvalue weighted by Gasteiger charge is 1.86. The van der Waals surface area contributed by atoms with Gasteiger partial charge in [0.1, 0.15) is 0 Å². The average Bonchev–Trinajstić information content (AvgIpc) is 1.67. The highest BCUT2D eigenvalue weighted by molar-refractivity contribution is 6.21. The second-order valence-electron chi connectivity index (χ2n) is 1.99. The number of hydrogen-bond acceptors (Lipinski definition) is 1. The smallest absolute Gasteiger partial charge is 0.0869 e. The molecule has 0 aliphatic heterocycles. The number of allylic oxidation sites excluding steroid dienone is 2. The minimum atomic E-state index is 0.797. The summed E-state index contributed by atoms with van der Waals surface area (Å²) in [5, 5.41) is 1.40. The van der Waals surface area contributed by atoms with Gasteiger partial charge in [-0.2, -0.15) is 0 Å². The molecule has 0 aromatic rings. The average molecular weight is 130 g/mol. The summed E-state index contributed by atoms with van der Waals surface area (Å²) in [5.74, 6) is 1.11. The van der Waals surface area contributed by atoms with Crippen LogP contribution in [-0.4, -0.2) is 16.8 Å². The van der Waals surface area contributed by atoms with Crippen LogP contribution in [0.1, 0.15) is 20.8 Å². The van der Waals surface area contributed by atoms with E-state index in [-0.39, 0.29) is 0 Å². The molecule has 0 N–H and O–H groups in total. The van der Waals surface area contributed by atoms with Crippen molar-refractivity contribution in [1.29, 1.82) is 0 Å². The van der Waals surface area contributed by atoms with Gasteiger partial charge in [0.2, 0.25) is 0 Å². The maximum absolute atomic E-state index is 5.22. The summed E-state index contributed by atoms with van der Waals surface area (Å²) < 4.78 is 5.22. The Morgan fingerprint density at radius 3 is 2.12 bits per heavy atom. The van der Waals surface area contributed by atoms with E-state index in [1.807, 2.05) is 13.8 Å². The van der Waals surface area contributed by atoms with Gasteiger partial charge >= 0.3 is 0 Å². The quantitative estimate of drug-likeness (QED) is 0.394. The van der Waals surface area contributed by atoms with Crippen LogP contribution < -0.4 is 0 Å². The summed E-state index contributed by atoms with van der Waals surface area (Å²) in [4.78, 5) is 0. The van der Waals surface area contributed by atoms with Crippen molar-refractivity contribution in [2.45, 2.75) is 20.8 Å². The van der Waals surface area contributed by atoms with E-state index < -0.39 is 0 Å². The summed E-state index contributed by atoms with van der Waals surface area (Å²) in [5.41, 5.74) is 0. The van der Waals surface area contributed by atoms with Crippen LogP contribution in [0.5, 0.6) is 0 Å². The van der Waals surface area contributed by atoms with Gasteiger partial charge in [-0.3, -0.25) is 0 Å². The van der Waals surface area contributed by atoms with E-state index >= 15 is 0 Å². The van der Waals surface area contributed by atoms with Crippen molar-refractivity contribution >= 4 is 10.2 Å². The van der Waals surface area contributed by atoms with Gasteiger partial charge in [0.25, 0.3) is 0 Å². The normalized spacial score (nSPS) is 13.4. The van der Waals surface area contributed by atoms with E-state index in [1.54, 1.807) is 0 Å². The summed E-state index contributed by atoms with van der Waals surface area (Å²) >= 11 is 0. The first kappa shape index (κ1) is 7.76. The van der Waals surface area contributed by atoms with E-state index in [1.165, 1.54) is 5.20 Å². The fourth-order valence-electron chi connectivity index (χ4n) is 0.361. The molecular formula is C6H14OSi. The van der Waals surface area contributed by atoms with Crippen molar-refractivity contribution in [2.75, 3.05) is 6.61 Å². The fraction of sp³-hybridized carbons (Fsp3) is 0.667. The van der Waals surface area contributed by atoms with Crippen molar-refractivity contribution < 1.29 is 4.74 Å². The molecule has 0 rings (SSSR count). The molecule has 0 aliphatic carbocycles. The molecule has 2 heteroatoms. The minimum Gasteiger partial charge on any atom is -0.499 e. The van der Waals surface area contributed by atoms with Crippen LogP contribution in [-0.2, 0) is 4.74 Å². The Morgan fingerprint density at radius 1 is 1.50 bits per heavy atom. The van der Waals surface area contributed by atoms with Gasteiger partial charge in [0.05, 0.1) is 12.4 Å². The highest BCUT2D eigenvalue weighted by atomic mass is 28.1. The summed E-state index contributed by atoms with van der Waals surface area (Å²) in [6.45, 7) is 6.93. The Balaban J connectivity index is 3.62. The van der Waals surface area contributed by atoms with Gasteiger partial charge in [-0.15, -0.1) is 0 Å². The lowest BCUT2D eigenvalue weighted by Crippen LogP contribution is -1.89. The molecule has 0 atom stereocenters. The lowest BCUT2D eigenvalue weighted by atomic mass is 10.5. The lowest BCUT2D eigenvalue weighted by molar-refractivity contribution is 0.230. The van der Waals surface area contributed by atoms with E-state index in [9.17, 15) is 0 Å². The second kappa shape index (κ2) is 3.72. The number of ether oxygens (including phenoxy) is 1. The predicted octanol–water partition coefficient (Wildman–Crippen LogP) is 0.640. The molecule has 0 radical (unpaired) electrons. The molecule has 1 nitrogen and oxygen atoms in total. The van der Waals surface area contributed by atoms with Crippen LogP contribution >= 0.6 is 0 Å². The lowest BCUT2D eigenvalue weighted by Gasteiger charge is -2.02. The summed E-state index contributed by atoms with van der Waals surface area (Å²) in [6, 6.07) is 0. The first-order valence-electron chi connectivity index (χ1n) is 2.95. The van der Waals surface area contributed by atoms with Gasteiger partial charge in [0.15, 0.2) is 0 Å². The van der Waals surface area contributed by atoms with E-state index in [2.05, 4.69) is 6.92 Å². The molecule has 0 aliphatic rings. The van der Waals surface area contributed by atoms with Gasteiger partial charge in [-0.25, -0.2) is 0 Å². The zero-order valence-electron chi connectivity index (χ0n) is 6.12. The summed E-state index contributed by atoms with van der Waals surface area (Å²) in [7, 11) is 1.12. The summed E-state index contributed by atoms with van der Waals surface area (Å²) in [6.07, 6.45) is 0. The highest BCUT2D eigenvalue weighted by Crippen LogP contribution is 1.98. The fourth-order valence-corrected chi connectivity index (χ4v) is 0.505. The van der Waals surface area contributed by atoms with Crippen molar-refractivity contribution in [1.82, 2.24) is 0 Å². The Bertz CT molecular complexity index is 92.7. The Kier molecular flexibility index (Phi) is 3.61. The zero-order valence-corrected chi connectivity index (χ0v) is 8.12. The van der Waals surface area contributed by atoms with Gasteiger partial charge in [-0.05, 0) is 20.8 Å². The van der Waals surface area contributed by atoms with Crippen LogP contribution in [0.15, 0.2) is 11.0 Å². The van der Waals surface area contributed by atoms with Crippen LogP contribution in [0.3, 0.4) is 0 Å². The van der Waals surface area contributed by atoms with Crippen LogP contribution in [0.4, 0.5) is 0 Å². The predicted molar refractivity (Wildman–Crippen MR) is 39.9 cm³/mol. The van der Waals surface area contributed by atoms with E-state index in [4.69, 9.17) is 4.74 Å². The molecule has 0 saturated carbocycles. The molecule has 0 unspecified atom stereocenters. The molecule has 0 spiro atoms. The molecule has 0 aromatic carbocycles. The molecule has 0 heterocycles. The second-order valence-corrected chi connectivity index (χ2v) is 3.49. The monoisotopic (exact) mass is 130 g/mol. The zero-order chi connectivity index (χ0) is 6.57. The molecule has 0 fully saturated rings. The van der Waals surface area contributed by atoms with E-state index in [0.717, 1.165) is 22.6 Å². The number of rotatable bonds is 2.